The van der Waals surface area contributed by atoms with Crippen molar-refractivity contribution >= 4 is 21.6 Å². The van der Waals surface area contributed by atoms with E-state index >= 15 is 0 Å². The molecule has 0 aliphatic rings. The van der Waals surface area contributed by atoms with Crippen LogP contribution in [0.3, 0.4) is 0 Å². The molecule has 0 radical (unpaired) electrons. The fourth-order valence-corrected chi connectivity index (χ4v) is 5.86. The Morgan fingerprint density at radius 1 is 0.972 bits per heavy atom. The van der Waals surface area contributed by atoms with Crippen molar-refractivity contribution in [3.63, 3.8) is 0 Å². The molecule has 7 heteroatoms. The van der Waals surface area contributed by atoms with E-state index in [9.17, 15) is 13.2 Å². The van der Waals surface area contributed by atoms with Gasteiger partial charge in [0.25, 0.3) is 10.0 Å². The van der Waals surface area contributed by atoms with Crippen LogP contribution in [0.2, 0.25) is 0 Å². The summed E-state index contributed by atoms with van der Waals surface area (Å²) >= 11 is 0. The quantitative estimate of drug-likeness (QED) is 0.378. The SMILES string of the molecule is CCc1ccccc1N(CC(=O)NC(C)c1cc(C(C)C)c(OC)cc1C)S(=O)(=O)c1ccccc1. The lowest BCUT2D eigenvalue weighted by Crippen LogP contribution is -2.42. The number of ether oxygens (including phenoxy) is 1. The maximum atomic E-state index is 13.7. The second kappa shape index (κ2) is 11.6. The smallest absolute Gasteiger partial charge is 0.264 e. The van der Waals surface area contributed by atoms with Gasteiger partial charge in [-0.1, -0.05) is 57.2 Å². The minimum atomic E-state index is -3.96. The zero-order valence-corrected chi connectivity index (χ0v) is 22.7. The number of sulfonamides is 1. The molecule has 36 heavy (non-hydrogen) atoms. The van der Waals surface area contributed by atoms with Gasteiger partial charge in [-0.05, 0) is 78.8 Å². The monoisotopic (exact) mass is 508 g/mol. The van der Waals surface area contributed by atoms with Crippen LogP contribution in [0.4, 0.5) is 5.69 Å². The molecule has 3 rings (SSSR count). The van der Waals surface area contributed by atoms with Gasteiger partial charge in [-0.15, -0.1) is 0 Å². The first-order valence-corrected chi connectivity index (χ1v) is 13.7. The van der Waals surface area contributed by atoms with Gasteiger partial charge in [-0.25, -0.2) is 8.42 Å². The first kappa shape index (κ1) is 27.3. The standard InChI is InChI=1S/C29H36N2O4S/c1-7-23-13-11-12-16-27(23)31(36(33,34)24-14-9-8-10-15-24)19-29(32)30-22(5)26-18-25(20(2)3)28(35-6)17-21(26)4/h8-18,20,22H,7,19H2,1-6H3,(H,30,32). The highest BCUT2D eigenvalue weighted by Gasteiger charge is 2.29. The highest BCUT2D eigenvalue weighted by atomic mass is 32.2. The molecule has 0 heterocycles. The number of methoxy groups -OCH3 is 1. The van der Waals surface area contributed by atoms with Gasteiger partial charge >= 0.3 is 0 Å². The summed E-state index contributed by atoms with van der Waals surface area (Å²) in [6.45, 7) is 9.72. The van der Waals surface area contributed by atoms with Crippen molar-refractivity contribution in [3.05, 3.63) is 89.0 Å². The maximum Gasteiger partial charge on any atom is 0.264 e. The lowest BCUT2D eigenvalue weighted by molar-refractivity contribution is -0.120. The van der Waals surface area contributed by atoms with Gasteiger partial charge in [0.15, 0.2) is 0 Å². The molecule has 6 nitrogen and oxygen atoms in total. The van der Waals surface area contributed by atoms with E-state index in [1.54, 1.807) is 49.6 Å². The second-order valence-electron chi connectivity index (χ2n) is 9.20. The number of para-hydroxylation sites is 1. The normalized spacial score (nSPS) is 12.3. The van der Waals surface area contributed by atoms with Gasteiger partial charge in [0.2, 0.25) is 5.91 Å². The lowest BCUT2D eigenvalue weighted by Gasteiger charge is -2.27. The fourth-order valence-electron chi connectivity index (χ4n) is 4.38. The minimum Gasteiger partial charge on any atom is -0.496 e. The number of carbonyl (C=O) groups excluding carboxylic acids is 1. The van der Waals surface area contributed by atoms with Crippen LogP contribution < -0.4 is 14.4 Å². The van der Waals surface area contributed by atoms with Gasteiger partial charge in [-0.2, -0.15) is 0 Å². The summed E-state index contributed by atoms with van der Waals surface area (Å²) < 4.78 is 34.1. The molecule has 0 fully saturated rings. The number of aryl methyl sites for hydroxylation is 2. The van der Waals surface area contributed by atoms with E-state index in [1.165, 1.54) is 4.31 Å². The highest BCUT2D eigenvalue weighted by molar-refractivity contribution is 7.92. The summed E-state index contributed by atoms with van der Waals surface area (Å²) in [4.78, 5) is 13.4. The summed E-state index contributed by atoms with van der Waals surface area (Å²) in [5.74, 6) is 0.689. The third-order valence-electron chi connectivity index (χ3n) is 6.34. The molecular weight excluding hydrogens is 472 g/mol. The number of rotatable bonds is 10. The van der Waals surface area contributed by atoms with Crippen LogP contribution in [0.25, 0.3) is 0 Å². The number of anilines is 1. The zero-order chi connectivity index (χ0) is 26.5. The van der Waals surface area contributed by atoms with Crippen molar-refractivity contribution in [1.82, 2.24) is 5.32 Å². The topological polar surface area (TPSA) is 75.7 Å². The third kappa shape index (κ3) is 5.90. The Morgan fingerprint density at radius 2 is 1.61 bits per heavy atom. The fraction of sp³-hybridized carbons (Fsp3) is 0.345. The van der Waals surface area contributed by atoms with E-state index in [1.807, 2.05) is 39.0 Å². The maximum absolute atomic E-state index is 13.7. The number of hydrogen-bond donors (Lipinski definition) is 1. The van der Waals surface area contributed by atoms with E-state index in [0.717, 1.165) is 28.0 Å². The molecule has 3 aromatic carbocycles. The first-order valence-electron chi connectivity index (χ1n) is 12.2. The second-order valence-corrected chi connectivity index (χ2v) is 11.1. The third-order valence-corrected chi connectivity index (χ3v) is 8.12. The number of carbonyl (C=O) groups is 1. The van der Waals surface area contributed by atoms with Crippen molar-refractivity contribution in [3.8, 4) is 5.75 Å². The number of amides is 1. The van der Waals surface area contributed by atoms with Gasteiger partial charge < -0.3 is 10.1 Å². The van der Waals surface area contributed by atoms with E-state index in [2.05, 4.69) is 25.2 Å². The van der Waals surface area contributed by atoms with Crippen LogP contribution in [0.1, 0.15) is 61.9 Å². The van der Waals surface area contributed by atoms with Crippen molar-refractivity contribution in [1.29, 1.82) is 0 Å². The van der Waals surface area contributed by atoms with Gasteiger partial charge in [0.1, 0.15) is 12.3 Å². The lowest BCUT2D eigenvalue weighted by atomic mass is 9.93. The number of nitrogens with zero attached hydrogens (tertiary/aromatic N) is 1. The van der Waals surface area contributed by atoms with E-state index in [-0.39, 0.29) is 29.3 Å². The molecular formula is C29H36N2O4S. The Hall–Kier alpha value is -3.32. The Morgan fingerprint density at radius 3 is 2.22 bits per heavy atom. The summed E-state index contributed by atoms with van der Waals surface area (Å²) in [5.41, 5.74) is 4.39. The van der Waals surface area contributed by atoms with Crippen molar-refractivity contribution in [2.24, 2.45) is 0 Å². The predicted octanol–water partition coefficient (Wildman–Crippen LogP) is 5.76. The predicted molar refractivity (Wildman–Crippen MR) is 145 cm³/mol. The minimum absolute atomic E-state index is 0.143. The van der Waals surface area contributed by atoms with Crippen molar-refractivity contribution in [2.45, 2.75) is 57.9 Å². The molecule has 0 aliphatic carbocycles. The van der Waals surface area contributed by atoms with E-state index in [4.69, 9.17) is 4.74 Å². The van der Waals surface area contributed by atoms with Gasteiger partial charge in [-0.3, -0.25) is 9.10 Å². The molecule has 1 unspecified atom stereocenters. The van der Waals surface area contributed by atoms with Crippen LogP contribution in [-0.2, 0) is 21.2 Å². The van der Waals surface area contributed by atoms with Crippen LogP contribution >= 0.6 is 0 Å². The Labute approximate surface area is 215 Å². The Bertz CT molecular complexity index is 1300. The molecule has 3 aromatic rings. The summed E-state index contributed by atoms with van der Waals surface area (Å²) in [7, 11) is -2.31. The van der Waals surface area contributed by atoms with Crippen LogP contribution in [0, 0.1) is 6.92 Å². The molecule has 0 bridgehead atoms. The summed E-state index contributed by atoms with van der Waals surface area (Å²) in [6, 6.07) is 19.2. The van der Waals surface area contributed by atoms with Crippen molar-refractivity contribution in [2.75, 3.05) is 18.0 Å². The zero-order valence-electron chi connectivity index (χ0n) is 21.9. The molecule has 0 aliphatic heterocycles. The largest absolute Gasteiger partial charge is 0.496 e. The van der Waals surface area contributed by atoms with E-state index < -0.39 is 10.0 Å². The molecule has 0 aromatic heterocycles. The highest BCUT2D eigenvalue weighted by Crippen LogP contribution is 2.32. The molecule has 1 atom stereocenters. The van der Waals surface area contributed by atoms with Gasteiger partial charge in [0, 0.05) is 0 Å². The number of hydrogen-bond acceptors (Lipinski definition) is 4. The van der Waals surface area contributed by atoms with Crippen LogP contribution in [0.15, 0.2) is 71.6 Å². The Kier molecular flexibility index (Phi) is 8.79. The van der Waals surface area contributed by atoms with Gasteiger partial charge in [0.05, 0.1) is 23.7 Å². The van der Waals surface area contributed by atoms with Crippen LogP contribution in [-0.4, -0.2) is 28.0 Å². The summed E-state index contributed by atoms with van der Waals surface area (Å²) in [5, 5.41) is 3.02. The van der Waals surface area contributed by atoms with E-state index in [0.29, 0.717) is 12.1 Å². The first-order chi connectivity index (χ1) is 17.1. The number of benzene rings is 3. The molecule has 1 N–H and O–H groups in total. The molecule has 0 saturated heterocycles. The average Bonchev–Trinajstić information content (AvgIpc) is 2.87. The van der Waals surface area contributed by atoms with Crippen LogP contribution in [0.5, 0.6) is 5.75 Å². The molecule has 0 spiro atoms. The number of nitrogens with one attached hydrogen (secondary N) is 1. The molecule has 1 amide bonds. The average molecular weight is 509 g/mol. The molecule has 0 saturated carbocycles. The molecule has 192 valence electrons. The summed E-state index contributed by atoms with van der Waals surface area (Å²) in [6.07, 6.45) is 0.637. The van der Waals surface area contributed by atoms with Crippen molar-refractivity contribution < 1.29 is 17.9 Å². The Balaban J connectivity index is 1.94.